The van der Waals surface area contributed by atoms with Crippen molar-refractivity contribution in [2.24, 2.45) is 5.92 Å². The van der Waals surface area contributed by atoms with Gasteiger partial charge in [-0.25, -0.2) is 0 Å². The van der Waals surface area contributed by atoms with E-state index in [0.29, 0.717) is 12.0 Å². The fourth-order valence-electron chi connectivity index (χ4n) is 0.888. The molecule has 0 aliphatic carbocycles. The van der Waals surface area contributed by atoms with E-state index < -0.39 is 0 Å². The van der Waals surface area contributed by atoms with Crippen LogP contribution in [0.15, 0.2) is 0 Å². The van der Waals surface area contributed by atoms with E-state index in [9.17, 15) is 0 Å². The summed E-state index contributed by atoms with van der Waals surface area (Å²) in [5, 5.41) is 3.29. The van der Waals surface area contributed by atoms with Crippen molar-refractivity contribution >= 4 is 0 Å². The third-order valence-corrected chi connectivity index (χ3v) is 1.37. The van der Waals surface area contributed by atoms with E-state index in [1.165, 1.54) is 0 Å². The number of likely N-dealkylation sites (N-methyl/N-ethyl adjacent to an activating group) is 1. The maximum absolute atomic E-state index is 5.45. The van der Waals surface area contributed by atoms with Gasteiger partial charge in [-0.2, -0.15) is 0 Å². The second-order valence-corrected chi connectivity index (χ2v) is 3.39. The maximum Gasteiger partial charge on any atom is 0.0617 e. The smallest absolute Gasteiger partial charge is 0.0617 e. The Kier molecular flexibility index (Phi) is 6.57. The molecule has 0 saturated carbocycles. The molecule has 11 heavy (non-hydrogen) atoms. The maximum atomic E-state index is 5.45. The Morgan fingerprint density at radius 3 is 2.27 bits per heavy atom. The average Bonchev–Trinajstić information content (AvgIpc) is 1.87. The van der Waals surface area contributed by atoms with Gasteiger partial charge in [0.1, 0.15) is 0 Å². The van der Waals surface area contributed by atoms with Crippen LogP contribution in [0.3, 0.4) is 0 Å². The topological polar surface area (TPSA) is 21.3 Å². The zero-order valence-corrected chi connectivity index (χ0v) is 8.18. The molecule has 1 unspecified atom stereocenters. The van der Waals surface area contributed by atoms with Gasteiger partial charge in [0.05, 0.1) is 6.61 Å². The molecule has 1 N–H and O–H groups in total. The van der Waals surface area contributed by atoms with E-state index in [1.807, 2.05) is 0 Å². The second-order valence-electron chi connectivity index (χ2n) is 3.39. The standard InChI is InChI=1S/C9H21NO/c1-5-10-9(4)7-11-6-8(2)3/h8-10H,5-7H2,1-4H3. The summed E-state index contributed by atoms with van der Waals surface area (Å²) >= 11 is 0. The number of rotatable bonds is 6. The van der Waals surface area contributed by atoms with Crippen LogP contribution in [0.1, 0.15) is 27.7 Å². The molecule has 68 valence electrons. The Morgan fingerprint density at radius 1 is 1.18 bits per heavy atom. The first-order valence-electron chi connectivity index (χ1n) is 4.48. The van der Waals surface area contributed by atoms with Crippen LogP contribution in [0.4, 0.5) is 0 Å². The molecule has 0 fully saturated rings. The van der Waals surface area contributed by atoms with E-state index in [4.69, 9.17) is 4.74 Å². The highest BCUT2D eigenvalue weighted by molar-refractivity contribution is 4.56. The second kappa shape index (κ2) is 6.62. The van der Waals surface area contributed by atoms with Crippen molar-refractivity contribution in [3.05, 3.63) is 0 Å². The minimum Gasteiger partial charge on any atom is -0.380 e. The van der Waals surface area contributed by atoms with Crippen LogP contribution in [0.5, 0.6) is 0 Å². The summed E-state index contributed by atoms with van der Waals surface area (Å²) < 4.78 is 5.45. The van der Waals surface area contributed by atoms with E-state index in [2.05, 4.69) is 33.0 Å². The molecule has 0 rings (SSSR count). The first-order chi connectivity index (χ1) is 5.16. The summed E-state index contributed by atoms with van der Waals surface area (Å²) in [5.74, 6) is 0.642. The highest BCUT2D eigenvalue weighted by Gasteiger charge is 1.99. The molecule has 0 spiro atoms. The minimum atomic E-state index is 0.485. The van der Waals surface area contributed by atoms with Crippen molar-refractivity contribution in [1.82, 2.24) is 5.32 Å². The average molecular weight is 159 g/mol. The molecule has 0 saturated heterocycles. The summed E-state index contributed by atoms with van der Waals surface area (Å²) in [6, 6.07) is 0.485. The van der Waals surface area contributed by atoms with Gasteiger partial charge in [-0.1, -0.05) is 20.8 Å². The fourth-order valence-corrected chi connectivity index (χ4v) is 0.888. The monoisotopic (exact) mass is 159 g/mol. The predicted octanol–water partition coefficient (Wildman–Crippen LogP) is 1.66. The zero-order valence-electron chi connectivity index (χ0n) is 8.18. The molecule has 1 atom stereocenters. The molecule has 2 heteroatoms. The lowest BCUT2D eigenvalue weighted by molar-refractivity contribution is 0.0943. The number of hydrogen-bond donors (Lipinski definition) is 1. The van der Waals surface area contributed by atoms with Gasteiger partial charge in [-0.3, -0.25) is 0 Å². The Bertz CT molecular complexity index is 83.6. The van der Waals surface area contributed by atoms with E-state index >= 15 is 0 Å². The van der Waals surface area contributed by atoms with E-state index in [-0.39, 0.29) is 0 Å². The van der Waals surface area contributed by atoms with Gasteiger partial charge in [0.25, 0.3) is 0 Å². The molecule has 0 radical (unpaired) electrons. The Labute approximate surface area is 70.3 Å². The quantitative estimate of drug-likeness (QED) is 0.636. The van der Waals surface area contributed by atoms with E-state index in [1.54, 1.807) is 0 Å². The van der Waals surface area contributed by atoms with Crippen molar-refractivity contribution in [2.45, 2.75) is 33.7 Å². The SMILES string of the molecule is CCNC(C)COCC(C)C. The first-order valence-corrected chi connectivity index (χ1v) is 4.48. The van der Waals surface area contributed by atoms with Gasteiger partial charge in [0, 0.05) is 12.6 Å². The Morgan fingerprint density at radius 2 is 1.82 bits per heavy atom. The molecule has 0 heterocycles. The normalized spacial score (nSPS) is 13.9. The van der Waals surface area contributed by atoms with Gasteiger partial charge in [-0.05, 0) is 19.4 Å². The molecular weight excluding hydrogens is 138 g/mol. The van der Waals surface area contributed by atoms with Crippen molar-refractivity contribution < 1.29 is 4.74 Å². The molecule has 0 aromatic carbocycles. The molecule has 0 aliphatic rings. The first kappa shape index (κ1) is 10.9. The van der Waals surface area contributed by atoms with Gasteiger partial charge >= 0.3 is 0 Å². The van der Waals surface area contributed by atoms with Crippen LogP contribution >= 0.6 is 0 Å². The fraction of sp³-hybridized carbons (Fsp3) is 1.00. The lowest BCUT2D eigenvalue weighted by atomic mass is 10.2. The zero-order chi connectivity index (χ0) is 8.69. The highest BCUT2D eigenvalue weighted by atomic mass is 16.5. The summed E-state index contributed by atoms with van der Waals surface area (Å²) in [5.41, 5.74) is 0. The molecule has 2 nitrogen and oxygen atoms in total. The Balaban J connectivity index is 3.10. The minimum absolute atomic E-state index is 0.485. The summed E-state index contributed by atoms with van der Waals surface area (Å²) in [7, 11) is 0. The molecule has 0 aromatic heterocycles. The van der Waals surface area contributed by atoms with Crippen molar-refractivity contribution in [3.8, 4) is 0 Å². The molecule has 0 amide bonds. The Hall–Kier alpha value is -0.0800. The summed E-state index contributed by atoms with van der Waals surface area (Å²) in [4.78, 5) is 0. The largest absolute Gasteiger partial charge is 0.380 e. The van der Waals surface area contributed by atoms with E-state index in [0.717, 1.165) is 19.8 Å². The lowest BCUT2D eigenvalue weighted by Crippen LogP contribution is -2.30. The number of ether oxygens (including phenoxy) is 1. The molecule has 0 aliphatic heterocycles. The van der Waals surface area contributed by atoms with Crippen molar-refractivity contribution in [3.63, 3.8) is 0 Å². The van der Waals surface area contributed by atoms with Crippen LogP contribution in [-0.2, 0) is 4.74 Å². The number of nitrogens with one attached hydrogen (secondary N) is 1. The van der Waals surface area contributed by atoms with Gasteiger partial charge in [0.2, 0.25) is 0 Å². The third-order valence-electron chi connectivity index (χ3n) is 1.37. The van der Waals surface area contributed by atoms with Crippen molar-refractivity contribution in [2.75, 3.05) is 19.8 Å². The third kappa shape index (κ3) is 7.82. The van der Waals surface area contributed by atoms with Gasteiger partial charge < -0.3 is 10.1 Å². The highest BCUT2D eigenvalue weighted by Crippen LogP contribution is 1.93. The van der Waals surface area contributed by atoms with Crippen LogP contribution in [0.25, 0.3) is 0 Å². The molecule has 0 bridgehead atoms. The molecular formula is C9H21NO. The van der Waals surface area contributed by atoms with Crippen LogP contribution in [0.2, 0.25) is 0 Å². The van der Waals surface area contributed by atoms with Crippen LogP contribution in [-0.4, -0.2) is 25.8 Å². The number of hydrogen-bond acceptors (Lipinski definition) is 2. The van der Waals surface area contributed by atoms with Gasteiger partial charge in [0.15, 0.2) is 0 Å². The summed E-state index contributed by atoms with van der Waals surface area (Å²) in [6.07, 6.45) is 0. The van der Waals surface area contributed by atoms with Gasteiger partial charge in [-0.15, -0.1) is 0 Å². The molecule has 0 aromatic rings. The van der Waals surface area contributed by atoms with Crippen LogP contribution < -0.4 is 5.32 Å². The lowest BCUT2D eigenvalue weighted by Gasteiger charge is -2.13. The van der Waals surface area contributed by atoms with Crippen molar-refractivity contribution in [1.29, 1.82) is 0 Å². The summed E-state index contributed by atoms with van der Waals surface area (Å²) in [6.45, 7) is 11.3. The predicted molar refractivity (Wildman–Crippen MR) is 48.8 cm³/mol. The van der Waals surface area contributed by atoms with Crippen LogP contribution in [0, 0.1) is 5.92 Å².